The van der Waals surface area contributed by atoms with Crippen LogP contribution in [0.15, 0.2) is 59.5 Å². The Bertz CT molecular complexity index is 792. The molecule has 0 atom stereocenters. The van der Waals surface area contributed by atoms with Crippen molar-refractivity contribution in [2.24, 2.45) is 0 Å². The second-order valence-corrected chi connectivity index (χ2v) is 7.23. The fraction of sp³-hybridized carbons (Fsp3) is 0.235. The second kappa shape index (κ2) is 7.55. The summed E-state index contributed by atoms with van der Waals surface area (Å²) in [6, 6.07) is 13.5. The number of likely N-dealkylation sites (N-methyl/N-ethyl adjacent to an activating group) is 2. The molecule has 0 aromatic heterocycles. The van der Waals surface area contributed by atoms with Crippen molar-refractivity contribution >= 4 is 21.6 Å². The molecule has 1 amide bonds. The molecule has 2 aromatic carbocycles. The van der Waals surface area contributed by atoms with Gasteiger partial charge in [0.1, 0.15) is 5.82 Å². The van der Waals surface area contributed by atoms with Crippen LogP contribution in [0.25, 0.3) is 0 Å². The first-order valence-electron chi connectivity index (χ1n) is 7.43. The summed E-state index contributed by atoms with van der Waals surface area (Å²) in [7, 11) is -2.53. The number of sulfonamides is 1. The average Bonchev–Trinajstić information content (AvgIpc) is 2.57. The second-order valence-electron chi connectivity index (χ2n) is 5.19. The van der Waals surface area contributed by atoms with Crippen molar-refractivity contribution in [3.8, 4) is 0 Å². The number of carbonyl (C=O) groups is 1. The summed E-state index contributed by atoms with van der Waals surface area (Å²) in [6.45, 7) is 1.94. The van der Waals surface area contributed by atoms with E-state index in [4.69, 9.17) is 0 Å². The highest BCUT2D eigenvalue weighted by Crippen LogP contribution is 2.17. The van der Waals surface area contributed by atoms with Crippen LogP contribution in [-0.2, 0) is 14.8 Å². The highest BCUT2D eigenvalue weighted by Gasteiger charge is 2.25. The summed E-state index contributed by atoms with van der Waals surface area (Å²) in [5.74, 6) is -0.856. The molecule has 128 valence electrons. The maximum atomic E-state index is 13.0. The van der Waals surface area contributed by atoms with Crippen molar-refractivity contribution in [2.75, 3.05) is 25.0 Å². The molecule has 0 saturated carbocycles. The molecule has 2 aromatic rings. The smallest absolute Gasteiger partial charge is 0.243 e. The monoisotopic (exact) mass is 350 g/mol. The van der Waals surface area contributed by atoms with Crippen LogP contribution in [0, 0.1) is 5.82 Å². The van der Waals surface area contributed by atoms with E-state index in [2.05, 4.69) is 0 Å². The van der Waals surface area contributed by atoms with Gasteiger partial charge in [-0.1, -0.05) is 18.2 Å². The number of carbonyl (C=O) groups excluding carboxylic acids is 1. The Kier molecular flexibility index (Phi) is 5.69. The SMILES string of the molecule is CCN(C(=O)CN(C)S(=O)(=O)c1ccc(F)cc1)c1ccccc1. The molecule has 0 bridgehead atoms. The van der Waals surface area contributed by atoms with Crippen LogP contribution in [0.2, 0.25) is 0 Å². The van der Waals surface area contributed by atoms with Crippen LogP contribution in [-0.4, -0.2) is 38.8 Å². The molecule has 0 fully saturated rings. The molecule has 0 spiro atoms. The number of hydrogen-bond acceptors (Lipinski definition) is 3. The van der Waals surface area contributed by atoms with Crippen molar-refractivity contribution in [1.29, 1.82) is 0 Å². The quantitative estimate of drug-likeness (QED) is 0.804. The minimum Gasteiger partial charge on any atom is -0.312 e. The van der Waals surface area contributed by atoms with Crippen LogP contribution in [0.4, 0.5) is 10.1 Å². The highest BCUT2D eigenvalue weighted by molar-refractivity contribution is 7.89. The van der Waals surface area contributed by atoms with Crippen LogP contribution < -0.4 is 4.90 Å². The zero-order chi connectivity index (χ0) is 17.7. The van der Waals surface area contributed by atoms with Gasteiger partial charge in [0.05, 0.1) is 11.4 Å². The maximum Gasteiger partial charge on any atom is 0.243 e. The third kappa shape index (κ3) is 3.98. The van der Waals surface area contributed by atoms with Gasteiger partial charge >= 0.3 is 0 Å². The van der Waals surface area contributed by atoms with Gasteiger partial charge < -0.3 is 4.90 Å². The Labute approximate surface area is 141 Å². The Balaban J connectivity index is 2.17. The molecule has 0 unspecified atom stereocenters. The van der Waals surface area contributed by atoms with Crippen molar-refractivity contribution in [3.05, 3.63) is 60.4 Å². The van der Waals surface area contributed by atoms with Crippen molar-refractivity contribution in [1.82, 2.24) is 4.31 Å². The fourth-order valence-electron chi connectivity index (χ4n) is 2.26. The number of hydrogen-bond donors (Lipinski definition) is 0. The molecule has 0 aliphatic rings. The Morgan fingerprint density at radius 3 is 2.17 bits per heavy atom. The van der Waals surface area contributed by atoms with Gasteiger partial charge in [-0.2, -0.15) is 4.31 Å². The number of benzene rings is 2. The lowest BCUT2D eigenvalue weighted by molar-refractivity contribution is -0.118. The summed E-state index contributed by atoms with van der Waals surface area (Å²) in [5, 5.41) is 0. The van der Waals surface area contributed by atoms with E-state index in [-0.39, 0.29) is 17.3 Å². The number of nitrogens with zero attached hydrogens (tertiary/aromatic N) is 2. The maximum absolute atomic E-state index is 13.0. The van der Waals surface area contributed by atoms with Crippen LogP contribution in [0.1, 0.15) is 6.92 Å². The highest BCUT2D eigenvalue weighted by atomic mass is 32.2. The fourth-order valence-corrected chi connectivity index (χ4v) is 3.38. The lowest BCUT2D eigenvalue weighted by atomic mass is 10.3. The molecule has 0 aliphatic heterocycles. The van der Waals surface area contributed by atoms with Gasteiger partial charge in [0.2, 0.25) is 15.9 Å². The lowest BCUT2D eigenvalue weighted by Crippen LogP contribution is -2.41. The Hall–Kier alpha value is -2.25. The first-order valence-corrected chi connectivity index (χ1v) is 8.87. The molecule has 0 N–H and O–H groups in total. The van der Waals surface area contributed by atoms with E-state index in [0.29, 0.717) is 12.2 Å². The van der Waals surface area contributed by atoms with Gasteiger partial charge in [0, 0.05) is 19.3 Å². The zero-order valence-corrected chi connectivity index (χ0v) is 14.3. The molecule has 5 nitrogen and oxygen atoms in total. The molecule has 24 heavy (non-hydrogen) atoms. The molecule has 0 heterocycles. The molecule has 0 aliphatic carbocycles. The number of rotatable bonds is 6. The number of para-hydroxylation sites is 1. The molecular formula is C17H19FN2O3S. The van der Waals surface area contributed by atoms with E-state index in [1.807, 2.05) is 25.1 Å². The van der Waals surface area contributed by atoms with E-state index in [9.17, 15) is 17.6 Å². The summed E-state index contributed by atoms with van der Waals surface area (Å²) < 4.78 is 38.8. The average molecular weight is 350 g/mol. The summed E-state index contributed by atoms with van der Waals surface area (Å²) in [6.07, 6.45) is 0. The van der Waals surface area contributed by atoms with Crippen LogP contribution in [0.5, 0.6) is 0 Å². The molecule has 2 rings (SSSR count). The molecular weight excluding hydrogens is 331 g/mol. The van der Waals surface area contributed by atoms with Gasteiger partial charge in [0.25, 0.3) is 0 Å². The van der Waals surface area contributed by atoms with Gasteiger partial charge in [-0.15, -0.1) is 0 Å². The van der Waals surface area contributed by atoms with Gasteiger partial charge in [-0.25, -0.2) is 12.8 Å². The number of halogens is 1. The van der Waals surface area contributed by atoms with E-state index in [1.165, 1.54) is 24.1 Å². The largest absolute Gasteiger partial charge is 0.312 e. The van der Waals surface area contributed by atoms with Crippen LogP contribution >= 0.6 is 0 Å². The normalized spacial score (nSPS) is 11.5. The molecule has 7 heteroatoms. The molecule has 0 saturated heterocycles. The van der Waals surface area contributed by atoms with Gasteiger partial charge in [-0.3, -0.25) is 4.79 Å². The standard InChI is InChI=1S/C17H19FN2O3S/c1-3-20(15-7-5-4-6-8-15)17(21)13-19(2)24(22,23)16-11-9-14(18)10-12-16/h4-12H,3,13H2,1-2H3. The Morgan fingerprint density at radius 2 is 1.62 bits per heavy atom. The van der Waals surface area contributed by atoms with Crippen molar-refractivity contribution < 1.29 is 17.6 Å². The zero-order valence-electron chi connectivity index (χ0n) is 13.5. The van der Waals surface area contributed by atoms with Crippen molar-refractivity contribution in [2.45, 2.75) is 11.8 Å². The lowest BCUT2D eigenvalue weighted by Gasteiger charge is -2.24. The Morgan fingerprint density at radius 1 is 1.04 bits per heavy atom. The van der Waals surface area contributed by atoms with E-state index >= 15 is 0 Å². The number of anilines is 1. The summed E-state index contributed by atoms with van der Waals surface area (Å²) in [4.78, 5) is 13.9. The van der Waals surface area contributed by atoms with E-state index in [0.717, 1.165) is 16.4 Å². The minimum absolute atomic E-state index is 0.0537. The predicted molar refractivity (Wildman–Crippen MR) is 90.7 cm³/mol. The first kappa shape index (κ1) is 18.1. The molecule has 0 radical (unpaired) electrons. The van der Waals surface area contributed by atoms with E-state index in [1.54, 1.807) is 12.1 Å². The van der Waals surface area contributed by atoms with Gasteiger partial charge in [-0.05, 0) is 43.3 Å². The first-order chi connectivity index (χ1) is 11.4. The number of amides is 1. The van der Waals surface area contributed by atoms with Crippen LogP contribution in [0.3, 0.4) is 0 Å². The van der Waals surface area contributed by atoms with E-state index < -0.39 is 15.8 Å². The summed E-state index contributed by atoms with van der Waals surface area (Å²) in [5.41, 5.74) is 0.706. The third-order valence-electron chi connectivity index (χ3n) is 3.56. The van der Waals surface area contributed by atoms with Gasteiger partial charge in [0.15, 0.2) is 0 Å². The third-order valence-corrected chi connectivity index (χ3v) is 5.38. The summed E-state index contributed by atoms with van der Waals surface area (Å²) >= 11 is 0. The topological polar surface area (TPSA) is 57.7 Å². The van der Waals surface area contributed by atoms with Crippen molar-refractivity contribution in [3.63, 3.8) is 0 Å². The minimum atomic E-state index is -3.86. The predicted octanol–water partition coefficient (Wildman–Crippen LogP) is 2.50.